The van der Waals surface area contributed by atoms with E-state index in [1.807, 2.05) is 11.8 Å². The summed E-state index contributed by atoms with van der Waals surface area (Å²) >= 11 is 0. The molecule has 0 spiro atoms. The van der Waals surface area contributed by atoms with Crippen LogP contribution >= 0.6 is 0 Å². The number of rotatable bonds is 5. The lowest BCUT2D eigenvalue weighted by molar-refractivity contribution is -0.135. The van der Waals surface area contributed by atoms with E-state index in [-0.39, 0.29) is 17.8 Å². The molecule has 1 saturated heterocycles. The van der Waals surface area contributed by atoms with Crippen molar-refractivity contribution in [2.45, 2.75) is 38.3 Å². The van der Waals surface area contributed by atoms with Crippen molar-refractivity contribution in [3.05, 3.63) is 29.8 Å². The Hall–Kier alpha value is -1.59. The maximum absolute atomic E-state index is 12.3. The summed E-state index contributed by atoms with van der Waals surface area (Å²) in [6.07, 6.45) is 2.52. The van der Waals surface area contributed by atoms with Gasteiger partial charge in [-0.05, 0) is 43.9 Å². The number of likely N-dealkylation sites (tertiary alicyclic amines) is 1. The highest BCUT2D eigenvalue weighted by Gasteiger charge is 2.26. The molecule has 0 aliphatic carbocycles. The normalized spacial score (nSPS) is 17.7. The predicted octanol–water partition coefficient (Wildman–Crippen LogP) is 1.29. The molecule has 1 aromatic carbocycles. The van der Waals surface area contributed by atoms with E-state index in [2.05, 4.69) is 0 Å². The molecule has 0 saturated carbocycles. The fourth-order valence-corrected chi connectivity index (χ4v) is 2.69. The molecule has 0 radical (unpaired) electrons. The second-order valence-corrected chi connectivity index (χ2v) is 5.46. The van der Waals surface area contributed by atoms with E-state index in [4.69, 9.17) is 10.5 Å². The molecule has 1 aliphatic rings. The van der Waals surface area contributed by atoms with Crippen LogP contribution in [0.3, 0.4) is 0 Å². The second-order valence-electron chi connectivity index (χ2n) is 5.46. The first-order chi connectivity index (χ1) is 10.1. The lowest BCUT2D eigenvalue weighted by Gasteiger charge is -2.33. The summed E-state index contributed by atoms with van der Waals surface area (Å²) in [7, 11) is 0. The summed E-state index contributed by atoms with van der Waals surface area (Å²) in [6.45, 7) is 4.14. The molecule has 1 fully saturated rings. The van der Waals surface area contributed by atoms with Gasteiger partial charge in [-0.25, -0.2) is 0 Å². The third-order valence-corrected chi connectivity index (χ3v) is 3.87. The number of phenols is 1. The molecule has 1 atom stereocenters. The third-order valence-electron chi connectivity index (χ3n) is 3.87. The van der Waals surface area contributed by atoms with E-state index < -0.39 is 6.04 Å². The Kier molecular flexibility index (Phi) is 5.59. The molecule has 5 nitrogen and oxygen atoms in total. The molecule has 1 heterocycles. The number of piperidine rings is 1. The number of ether oxygens (including phenoxy) is 1. The summed E-state index contributed by atoms with van der Waals surface area (Å²) in [5, 5.41) is 9.25. The van der Waals surface area contributed by atoms with E-state index >= 15 is 0 Å². The van der Waals surface area contributed by atoms with Crippen LogP contribution in [0.2, 0.25) is 0 Å². The highest BCUT2D eigenvalue weighted by atomic mass is 16.5. The number of aromatic hydroxyl groups is 1. The zero-order valence-electron chi connectivity index (χ0n) is 12.5. The smallest absolute Gasteiger partial charge is 0.239 e. The molecule has 1 aromatic rings. The molecule has 1 amide bonds. The van der Waals surface area contributed by atoms with Gasteiger partial charge in [-0.1, -0.05) is 12.1 Å². The number of carbonyl (C=O) groups excluding carboxylic acids is 1. The average molecular weight is 292 g/mol. The molecule has 116 valence electrons. The van der Waals surface area contributed by atoms with Crippen molar-refractivity contribution >= 4 is 5.91 Å². The molecule has 21 heavy (non-hydrogen) atoms. The highest BCUT2D eigenvalue weighted by molar-refractivity contribution is 5.82. The van der Waals surface area contributed by atoms with Crippen LogP contribution in [0.1, 0.15) is 25.3 Å². The van der Waals surface area contributed by atoms with E-state index in [0.29, 0.717) is 19.5 Å². The first-order valence-corrected chi connectivity index (χ1v) is 7.54. The van der Waals surface area contributed by atoms with E-state index in [9.17, 15) is 9.90 Å². The number of carbonyl (C=O) groups is 1. The Morgan fingerprint density at radius 3 is 2.57 bits per heavy atom. The second kappa shape index (κ2) is 7.43. The molecule has 3 N–H and O–H groups in total. The van der Waals surface area contributed by atoms with Crippen LogP contribution < -0.4 is 5.73 Å². The van der Waals surface area contributed by atoms with Gasteiger partial charge in [0, 0.05) is 19.7 Å². The fraction of sp³-hybridized carbons (Fsp3) is 0.562. The summed E-state index contributed by atoms with van der Waals surface area (Å²) in [5.74, 6) is 0.217. The van der Waals surface area contributed by atoms with Crippen LogP contribution in [0.4, 0.5) is 0 Å². The lowest BCUT2D eigenvalue weighted by atomic mass is 10.0. The monoisotopic (exact) mass is 292 g/mol. The first kappa shape index (κ1) is 15.8. The number of amides is 1. The minimum atomic E-state index is -0.529. The van der Waals surface area contributed by atoms with Crippen molar-refractivity contribution in [2.75, 3.05) is 19.7 Å². The minimum absolute atomic E-state index is 0.00183. The maximum atomic E-state index is 12.3. The van der Waals surface area contributed by atoms with Gasteiger partial charge in [0.05, 0.1) is 12.1 Å². The number of phenolic OH excluding ortho intramolecular Hbond substituents is 1. The Bertz CT molecular complexity index is 453. The van der Waals surface area contributed by atoms with Crippen molar-refractivity contribution < 1.29 is 14.6 Å². The van der Waals surface area contributed by atoms with Crippen LogP contribution in [0, 0.1) is 0 Å². The van der Waals surface area contributed by atoms with E-state index in [0.717, 1.165) is 25.0 Å². The Balaban J connectivity index is 1.84. The molecule has 5 heteroatoms. The molecule has 1 unspecified atom stereocenters. The van der Waals surface area contributed by atoms with Gasteiger partial charge in [0.25, 0.3) is 0 Å². The van der Waals surface area contributed by atoms with E-state index in [1.54, 1.807) is 24.3 Å². The number of nitrogens with zero attached hydrogens (tertiary/aromatic N) is 1. The number of hydrogen-bond donors (Lipinski definition) is 2. The van der Waals surface area contributed by atoms with Crippen LogP contribution in [-0.4, -0.2) is 47.8 Å². The van der Waals surface area contributed by atoms with Gasteiger partial charge in [-0.3, -0.25) is 4.79 Å². The molecule has 1 aliphatic heterocycles. The molecular formula is C16H24N2O3. The largest absolute Gasteiger partial charge is 0.508 e. The molecule has 0 bridgehead atoms. The van der Waals surface area contributed by atoms with Crippen molar-refractivity contribution in [1.29, 1.82) is 0 Å². The number of benzene rings is 1. The predicted molar refractivity (Wildman–Crippen MR) is 81.0 cm³/mol. The van der Waals surface area contributed by atoms with Crippen LogP contribution in [0.25, 0.3) is 0 Å². The van der Waals surface area contributed by atoms with Gasteiger partial charge in [0.2, 0.25) is 5.91 Å². The average Bonchev–Trinajstić information content (AvgIpc) is 2.50. The standard InChI is InChI=1S/C16H24N2O3/c1-2-21-14-7-9-18(10-8-14)16(20)15(17)11-12-3-5-13(19)6-4-12/h3-6,14-15,19H,2,7-11,17H2,1H3. The first-order valence-electron chi connectivity index (χ1n) is 7.54. The fourth-order valence-electron chi connectivity index (χ4n) is 2.69. The van der Waals surface area contributed by atoms with Gasteiger partial charge < -0.3 is 20.5 Å². The highest BCUT2D eigenvalue weighted by Crippen LogP contribution is 2.16. The van der Waals surface area contributed by atoms with Crippen molar-refractivity contribution in [1.82, 2.24) is 4.90 Å². The topological polar surface area (TPSA) is 75.8 Å². The molecule has 2 rings (SSSR count). The van der Waals surface area contributed by atoms with Gasteiger partial charge in [-0.15, -0.1) is 0 Å². The quantitative estimate of drug-likeness (QED) is 0.857. The van der Waals surface area contributed by atoms with Crippen LogP contribution in [0.5, 0.6) is 5.75 Å². The van der Waals surface area contributed by atoms with Crippen molar-refractivity contribution in [3.8, 4) is 5.75 Å². The summed E-state index contributed by atoms with van der Waals surface area (Å²) in [6, 6.07) is 6.28. The Labute approximate surface area is 125 Å². The van der Waals surface area contributed by atoms with Crippen molar-refractivity contribution in [2.24, 2.45) is 5.73 Å². The van der Waals surface area contributed by atoms with Gasteiger partial charge in [0.1, 0.15) is 5.75 Å². The third kappa shape index (κ3) is 4.44. The minimum Gasteiger partial charge on any atom is -0.508 e. The Morgan fingerprint density at radius 1 is 1.38 bits per heavy atom. The van der Waals surface area contributed by atoms with E-state index in [1.165, 1.54) is 0 Å². The van der Waals surface area contributed by atoms with Crippen LogP contribution in [0.15, 0.2) is 24.3 Å². The van der Waals surface area contributed by atoms with Crippen molar-refractivity contribution in [3.63, 3.8) is 0 Å². The van der Waals surface area contributed by atoms with Gasteiger partial charge in [0.15, 0.2) is 0 Å². The number of hydrogen-bond acceptors (Lipinski definition) is 4. The summed E-state index contributed by atoms with van der Waals surface area (Å²) in [5.41, 5.74) is 6.98. The lowest BCUT2D eigenvalue weighted by Crippen LogP contribution is -2.49. The summed E-state index contributed by atoms with van der Waals surface area (Å²) in [4.78, 5) is 14.2. The summed E-state index contributed by atoms with van der Waals surface area (Å²) < 4.78 is 5.59. The SMILES string of the molecule is CCOC1CCN(C(=O)C(N)Cc2ccc(O)cc2)CC1. The van der Waals surface area contributed by atoms with Crippen LogP contribution in [-0.2, 0) is 16.0 Å². The zero-order chi connectivity index (χ0) is 15.2. The Morgan fingerprint density at radius 2 is 2.00 bits per heavy atom. The number of nitrogens with two attached hydrogens (primary N) is 1. The zero-order valence-corrected chi connectivity index (χ0v) is 12.5. The van der Waals surface area contributed by atoms with Gasteiger partial charge >= 0.3 is 0 Å². The van der Waals surface area contributed by atoms with Gasteiger partial charge in [-0.2, -0.15) is 0 Å². The molecule has 0 aromatic heterocycles. The molecular weight excluding hydrogens is 268 g/mol. The maximum Gasteiger partial charge on any atom is 0.239 e.